The summed E-state index contributed by atoms with van der Waals surface area (Å²) in [6, 6.07) is 30.3. The van der Waals surface area contributed by atoms with Gasteiger partial charge in [-0.05, 0) is 251 Å². The molecule has 0 radical (unpaired) electrons. The molecule has 0 aliphatic heterocycles. The third-order valence-corrected chi connectivity index (χ3v) is 23.4. The second kappa shape index (κ2) is 35.5. The van der Waals surface area contributed by atoms with Crippen molar-refractivity contribution >= 4 is 40.3 Å². The van der Waals surface area contributed by atoms with Gasteiger partial charge in [0.15, 0.2) is 5.75 Å². The maximum Gasteiger partial charge on any atom is 0.449 e. The lowest BCUT2D eigenvalue weighted by molar-refractivity contribution is -0.385. The zero-order chi connectivity index (χ0) is 82.9. The lowest BCUT2D eigenvalue weighted by atomic mass is 9.64. The van der Waals surface area contributed by atoms with Crippen LogP contribution in [-0.4, -0.2) is 100 Å². The quantitative estimate of drug-likeness (QED) is 0.0360. The van der Waals surface area contributed by atoms with E-state index in [0.717, 1.165) is 93.2 Å². The lowest BCUT2D eigenvalue weighted by Crippen LogP contribution is -2.38. The molecule has 16 nitrogen and oxygen atoms in total. The number of hydrogen-bond acceptors (Lipinski definition) is 15. The minimum absolute atomic E-state index is 0.0748. The summed E-state index contributed by atoms with van der Waals surface area (Å²) in [6.07, 6.45) is -5.86. The highest BCUT2D eigenvalue weighted by molar-refractivity contribution is 5.91. The molecule has 0 spiro atoms. The fourth-order valence-corrected chi connectivity index (χ4v) is 16.1. The summed E-state index contributed by atoms with van der Waals surface area (Å²) in [5.41, 5.74) is 17.9. The van der Waals surface area contributed by atoms with E-state index in [9.17, 15) is 78.7 Å². The van der Waals surface area contributed by atoms with Crippen LogP contribution >= 0.6 is 0 Å². The standard InChI is InChI=1S/C16H18F3NO4.C16H20F3NO2.C16H19F3O2.C14H18O2.C13H16O2.C11H12O2/c1-15(2)10(7-14(21)16(17,18)19)5-4-9-6-13(24-3)12(20(22)23)8-11(9)15;1-15(2)10(7-14(21)16(17,18)19)5-4-9-6-13(22-3)12(20)8-11(9)15;1-15(2)11(9-14(20)16(17,18)19)5-4-10-8-12(21-3)6-7-13(10)15;1-14(2)11(9-15)5-4-10-8-12(16-3)6-7-13(10)14;1-13(2)11-6-5-10(15-3)8-9(11)4-7-12(13)14;1-13-11-5-3-8-6-10(12)4-2-9(8)7-11/h6,8,10H,4-5,7H2,1-3H3;6,8,10H,4-5,7,20H2,1-3H3;6-8,11H,4-5,9H2,1-3H3;6-9,15H,4-5H2,1-3H3;5-6,8H,4,7H2,1-3H3;3,5,7H,2,4,6H2,1H3/b;;;11-9+;;. The average molecular weight is 1560 g/mol. The molecule has 3 unspecified atom stereocenters. The van der Waals surface area contributed by atoms with Gasteiger partial charge in [-0.2, -0.15) is 39.5 Å². The lowest BCUT2D eigenvalue weighted by Gasteiger charge is -2.40. The average Bonchev–Trinajstić information content (AvgIpc) is 0.768. The van der Waals surface area contributed by atoms with Gasteiger partial charge in [0, 0.05) is 55.4 Å². The number of hydrogen-bond donors (Lipinski definition) is 2. The maximum atomic E-state index is 12.6. The number of nitrogen functional groups attached to an aromatic ring is 1. The molecule has 12 rings (SSSR count). The number of methoxy groups -OCH3 is 6. The van der Waals surface area contributed by atoms with Crippen molar-refractivity contribution in [1.82, 2.24) is 0 Å². The molecule has 0 saturated carbocycles. The van der Waals surface area contributed by atoms with Gasteiger partial charge >= 0.3 is 24.2 Å². The fraction of sp³-hybridized carbons (Fsp3) is 0.500. The monoisotopic (exact) mass is 1560 g/mol. The molecule has 3 N–H and O–H groups in total. The van der Waals surface area contributed by atoms with E-state index >= 15 is 0 Å². The summed E-state index contributed by atoms with van der Waals surface area (Å²) in [4.78, 5) is 67.5. The molecule has 604 valence electrons. The van der Waals surface area contributed by atoms with Crippen molar-refractivity contribution in [2.75, 3.05) is 48.4 Å². The first-order valence-electron chi connectivity index (χ1n) is 36.8. The predicted molar refractivity (Wildman–Crippen MR) is 406 cm³/mol. The Balaban J connectivity index is 0.000000187. The van der Waals surface area contributed by atoms with E-state index in [-0.39, 0.29) is 34.1 Å². The zero-order valence-corrected chi connectivity index (χ0v) is 66.0. The van der Waals surface area contributed by atoms with Crippen molar-refractivity contribution in [3.63, 3.8) is 0 Å². The second-order valence-electron chi connectivity index (χ2n) is 31.7. The summed E-state index contributed by atoms with van der Waals surface area (Å²) in [6.45, 7) is 19.3. The van der Waals surface area contributed by atoms with Crippen LogP contribution in [0.25, 0.3) is 0 Å². The number of nitrogens with zero attached hydrogens (tertiary/aromatic N) is 1. The zero-order valence-electron chi connectivity index (χ0n) is 66.0. The number of aryl methyl sites for hydroxylation is 6. The van der Waals surface area contributed by atoms with E-state index in [1.165, 1.54) is 48.8 Å². The van der Waals surface area contributed by atoms with Crippen LogP contribution in [0.3, 0.4) is 0 Å². The number of ketones is 5. The molecule has 6 aliphatic rings. The number of allylic oxidation sites excluding steroid dienone is 1. The number of anilines is 1. The normalized spacial score (nSPS) is 19.4. The first-order valence-corrected chi connectivity index (χ1v) is 36.8. The summed E-state index contributed by atoms with van der Waals surface area (Å²) in [7, 11) is 9.45. The van der Waals surface area contributed by atoms with Crippen LogP contribution in [0.4, 0.5) is 50.9 Å². The van der Waals surface area contributed by atoms with Crippen molar-refractivity contribution in [2.24, 2.45) is 17.8 Å². The molecule has 0 aromatic heterocycles. The number of Topliss-reactive ketones (excluding diaryl/α,β-unsaturated/α-hetero) is 5. The van der Waals surface area contributed by atoms with Crippen LogP contribution in [0.1, 0.15) is 194 Å². The van der Waals surface area contributed by atoms with E-state index < -0.39 is 82.2 Å². The number of halogens is 9. The van der Waals surface area contributed by atoms with Crippen LogP contribution in [0.5, 0.6) is 34.5 Å². The number of nitrogens with two attached hydrogens (primary N) is 1. The maximum absolute atomic E-state index is 12.6. The Morgan fingerprint density at radius 1 is 0.441 bits per heavy atom. The fourth-order valence-electron chi connectivity index (χ4n) is 16.1. The first kappa shape index (κ1) is 88.8. The summed E-state index contributed by atoms with van der Waals surface area (Å²) >= 11 is 0. The third-order valence-electron chi connectivity index (χ3n) is 23.4. The van der Waals surface area contributed by atoms with Crippen molar-refractivity contribution in [1.29, 1.82) is 0 Å². The number of carbonyl (C=O) groups is 5. The van der Waals surface area contributed by atoms with Crippen molar-refractivity contribution in [3.8, 4) is 34.5 Å². The molecule has 3 atom stereocenters. The molecular weight excluding hydrogens is 1460 g/mol. The van der Waals surface area contributed by atoms with Crippen LogP contribution in [0.15, 0.2) is 109 Å². The van der Waals surface area contributed by atoms with Gasteiger partial charge in [0.2, 0.25) is 17.3 Å². The molecule has 111 heavy (non-hydrogen) atoms. The van der Waals surface area contributed by atoms with Gasteiger partial charge in [0.25, 0.3) is 0 Å². The van der Waals surface area contributed by atoms with E-state index in [2.05, 4.69) is 26.0 Å². The number of nitro groups is 1. The highest BCUT2D eigenvalue weighted by Gasteiger charge is 2.48. The topological polar surface area (TPSA) is 230 Å². The van der Waals surface area contributed by atoms with Gasteiger partial charge < -0.3 is 39.3 Å². The summed E-state index contributed by atoms with van der Waals surface area (Å²) in [5.74, 6) is -1.45. The number of fused-ring (bicyclic) bond motifs is 6. The van der Waals surface area contributed by atoms with E-state index in [1.807, 2.05) is 108 Å². The molecule has 6 aliphatic carbocycles. The number of carbonyl (C=O) groups excluding carboxylic acids is 5. The summed E-state index contributed by atoms with van der Waals surface area (Å²) in [5, 5.41) is 20.5. The number of nitro benzene ring substituents is 1. The van der Waals surface area contributed by atoms with Crippen LogP contribution in [0.2, 0.25) is 0 Å². The van der Waals surface area contributed by atoms with Crippen LogP contribution in [0, 0.1) is 27.9 Å². The second-order valence-corrected chi connectivity index (χ2v) is 31.7. The smallest absolute Gasteiger partial charge is 0.449 e. The largest absolute Gasteiger partial charge is 0.516 e. The third kappa shape index (κ3) is 20.8. The highest BCUT2D eigenvalue weighted by Crippen LogP contribution is 2.50. The Labute approximate surface area is 643 Å². The van der Waals surface area contributed by atoms with Crippen molar-refractivity contribution < 1.29 is 102 Å². The molecule has 6 aromatic carbocycles. The SMILES string of the molecule is COc1cc2c(cc1N)C(C)(C)C(CC(=O)C(F)(F)F)CC2.COc1cc2c(cc1[N+](=O)[O-])C(C)(C)C(CC(=O)C(F)(F)F)CC2.COc1ccc2c(c1)CC/C(=C\O)C2(C)C.COc1ccc2c(c1)CCC(=O)C2.COc1ccc2c(c1)CCC(=O)C2(C)C.COc1ccc2c(c1)CCC(CC(=O)C(F)(F)F)C2(C)C. The highest BCUT2D eigenvalue weighted by atomic mass is 19.4. The first-order chi connectivity index (χ1) is 51.6. The van der Waals surface area contributed by atoms with Gasteiger partial charge in [0.1, 0.15) is 40.3 Å². The van der Waals surface area contributed by atoms with Gasteiger partial charge in [0.05, 0.1) is 59.5 Å². The van der Waals surface area contributed by atoms with Crippen LogP contribution in [-0.2, 0) is 96.0 Å². The van der Waals surface area contributed by atoms with Gasteiger partial charge in [-0.3, -0.25) is 34.1 Å². The van der Waals surface area contributed by atoms with E-state index in [4.69, 9.17) is 34.2 Å². The summed E-state index contributed by atoms with van der Waals surface area (Å²) < 4.78 is 144. The minimum Gasteiger partial charge on any atom is -0.516 e. The van der Waals surface area contributed by atoms with E-state index in [1.54, 1.807) is 54.4 Å². The predicted octanol–water partition coefficient (Wildman–Crippen LogP) is 19.3. The number of ether oxygens (including phenoxy) is 6. The Kier molecular flexibility index (Phi) is 28.4. The van der Waals surface area contributed by atoms with E-state index in [0.29, 0.717) is 86.4 Å². The number of aliphatic hydroxyl groups excluding tert-OH is 1. The van der Waals surface area contributed by atoms with Gasteiger partial charge in [-0.1, -0.05) is 79.7 Å². The van der Waals surface area contributed by atoms with Crippen molar-refractivity contribution in [2.45, 2.75) is 218 Å². The molecule has 0 bridgehead atoms. The molecule has 0 saturated heterocycles. The Bertz CT molecular complexity index is 4430. The van der Waals surface area contributed by atoms with Crippen molar-refractivity contribution in [3.05, 3.63) is 186 Å². The molecule has 0 fully saturated rings. The van der Waals surface area contributed by atoms with Gasteiger partial charge in [-0.25, -0.2) is 0 Å². The molecular formula is C86H103F9N2O14. The minimum atomic E-state index is -4.86. The Morgan fingerprint density at radius 3 is 1.20 bits per heavy atom. The number of rotatable bonds is 13. The number of aliphatic hydroxyl groups is 1. The number of alkyl halides is 9. The number of benzene rings is 6. The Hall–Kier alpha value is -9.42. The van der Waals surface area contributed by atoms with Gasteiger partial charge in [-0.15, -0.1) is 0 Å². The molecule has 0 amide bonds. The molecule has 6 aromatic rings. The molecule has 25 heteroatoms. The Morgan fingerprint density at radius 2 is 0.793 bits per heavy atom. The van der Waals surface area contributed by atoms with Crippen LogP contribution < -0.4 is 34.2 Å². The molecule has 0 heterocycles.